The first-order chi connectivity index (χ1) is 15.6. The second kappa shape index (κ2) is 9.38. The van der Waals surface area contributed by atoms with E-state index in [1.54, 1.807) is 30.3 Å². The number of furan rings is 1. The van der Waals surface area contributed by atoms with Crippen molar-refractivity contribution in [1.29, 1.82) is 0 Å². The van der Waals surface area contributed by atoms with Crippen molar-refractivity contribution in [2.75, 3.05) is 17.7 Å². The Morgan fingerprint density at radius 2 is 1.97 bits per heavy atom. The van der Waals surface area contributed by atoms with Crippen LogP contribution in [-0.4, -0.2) is 28.5 Å². The number of esters is 1. The molecule has 4 rings (SSSR count). The van der Waals surface area contributed by atoms with Crippen molar-refractivity contribution in [3.8, 4) is 0 Å². The van der Waals surface area contributed by atoms with Gasteiger partial charge in [-0.15, -0.1) is 0 Å². The summed E-state index contributed by atoms with van der Waals surface area (Å²) in [7, 11) is 3.03. The van der Waals surface area contributed by atoms with E-state index in [4.69, 9.17) is 9.15 Å². The minimum absolute atomic E-state index is 0.191. The third-order valence-electron chi connectivity index (χ3n) is 5.23. The predicted molar refractivity (Wildman–Crippen MR) is 121 cm³/mol. The van der Waals surface area contributed by atoms with Crippen LogP contribution < -0.4 is 10.6 Å². The molecule has 0 fully saturated rings. The van der Waals surface area contributed by atoms with Crippen LogP contribution in [0.5, 0.6) is 0 Å². The molecule has 0 radical (unpaired) electrons. The van der Waals surface area contributed by atoms with Gasteiger partial charge in [0.25, 0.3) is 0 Å². The highest BCUT2D eigenvalue weighted by molar-refractivity contribution is 6.11. The Bertz CT molecular complexity index is 1230. The minimum Gasteiger partial charge on any atom is -0.472 e. The van der Waals surface area contributed by atoms with E-state index < -0.39 is 5.97 Å². The number of benzene rings is 1. The number of pyridine rings is 1. The maximum atomic E-state index is 12.7. The second-order valence-electron chi connectivity index (χ2n) is 7.39. The summed E-state index contributed by atoms with van der Waals surface area (Å²) in [6.07, 6.45) is 5.84. The fourth-order valence-electron chi connectivity index (χ4n) is 3.57. The molecule has 0 atom stereocenters. The zero-order valence-corrected chi connectivity index (χ0v) is 17.9. The molecule has 0 aliphatic heterocycles. The molecule has 0 saturated carbocycles. The third-order valence-corrected chi connectivity index (χ3v) is 5.23. The number of carbonyl (C=O) groups excluding carboxylic acids is 2. The lowest BCUT2D eigenvalue weighted by molar-refractivity contribution is -0.116. The van der Waals surface area contributed by atoms with E-state index in [1.165, 1.54) is 7.11 Å². The number of fused-ring (bicyclic) bond motifs is 1. The Morgan fingerprint density at radius 1 is 1.16 bits per heavy atom. The molecule has 0 bridgehead atoms. The van der Waals surface area contributed by atoms with Gasteiger partial charge in [-0.3, -0.25) is 4.79 Å². The lowest BCUT2D eigenvalue weighted by Crippen LogP contribution is -2.16. The fraction of sp³-hybridized carbons (Fsp3) is 0.208. The van der Waals surface area contributed by atoms with Gasteiger partial charge in [-0.25, -0.2) is 9.78 Å². The van der Waals surface area contributed by atoms with Crippen LogP contribution in [-0.2, 0) is 29.5 Å². The van der Waals surface area contributed by atoms with Crippen LogP contribution >= 0.6 is 0 Å². The largest absolute Gasteiger partial charge is 0.472 e. The molecule has 0 saturated heterocycles. The fourth-order valence-corrected chi connectivity index (χ4v) is 3.57. The molecule has 3 aromatic heterocycles. The van der Waals surface area contributed by atoms with Crippen LogP contribution in [0.1, 0.15) is 28.0 Å². The van der Waals surface area contributed by atoms with Gasteiger partial charge in [0.15, 0.2) is 5.69 Å². The molecular formula is C24H24N4O4. The summed E-state index contributed by atoms with van der Waals surface area (Å²) in [6, 6.07) is 13.5. The quantitative estimate of drug-likeness (QED) is 0.406. The van der Waals surface area contributed by atoms with Gasteiger partial charge in [-0.05, 0) is 24.1 Å². The molecule has 8 nitrogen and oxygen atoms in total. The van der Waals surface area contributed by atoms with Gasteiger partial charge in [-0.1, -0.05) is 30.3 Å². The molecule has 8 heteroatoms. The van der Waals surface area contributed by atoms with Gasteiger partial charge >= 0.3 is 5.97 Å². The van der Waals surface area contributed by atoms with E-state index in [-0.39, 0.29) is 18.0 Å². The van der Waals surface area contributed by atoms with Crippen LogP contribution in [0, 0.1) is 0 Å². The first-order valence-corrected chi connectivity index (χ1v) is 10.2. The highest BCUT2D eigenvalue weighted by Crippen LogP contribution is 2.32. The number of methoxy groups -OCH3 is 1. The summed E-state index contributed by atoms with van der Waals surface area (Å²) in [5.74, 6) is -0.736. The zero-order chi connectivity index (χ0) is 22.5. The van der Waals surface area contributed by atoms with Gasteiger partial charge in [0.1, 0.15) is 5.65 Å². The first-order valence-electron chi connectivity index (χ1n) is 10.2. The van der Waals surface area contributed by atoms with Gasteiger partial charge in [0.05, 0.1) is 37.2 Å². The number of ether oxygens (including phenoxy) is 1. The number of carbonyl (C=O) groups is 2. The number of nitrogens with one attached hydrogen (secondary N) is 2. The van der Waals surface area contributed by atoms with Crippen molar-refractivity contribution in [2.45, 2.75) is 19.4 Å². The van der Waals surface area contributed by atoms with Gasteiger partial charge in [0.2, 0.25) is 5.91 Å². The molecule has 3 heterocycles. The normalized spacial score (nSPS) is 10.8. The van der Waals surface area contributed by atoms with Crippen molar-refractivity contribution in [3.63, 3.8) is 0 Å². The topological polar surface area (TPSA) is 98.4 Å². The first kappa shape index (κ1) is 21.2. The molecule has 4 aromatic rings. The van der Waals surface area contributed by atoms with Crippen molar-refractivity contribution in [3.05, 3.63) is 78.0 Å². The second-order valence-corrected chi connectivity index (χ2v) is 7.39. The maximum absolute atomic E-state index is 12.7. The van der Waals surface area contributed by atoms with E-state index in [2.05, 4.69) is 15.6 Å². The number of hydrogen-bond acceptors (Lipinski definition) is 6. The molecule has 0 aliphatic carbocycles. The van der Waals surface area contributed by atoms with Crippen LogP contribution in [0.15, 0.2) is 65.6 Å². The Labute approximate surface area is 185 Å². The van der Waals surface area contributed by atoms with Crippen molar-refractivity contribution < 1.29 is 18.7 Å². The van der Waals surface area contributed by atoms with Gasteiger partial charge in [-0.2, -0.15) is 0 Å². The van der Waals surface area contributed by atoms with E-state index in [1.807, 2.05) is 42.5 Å². The number of anilines is 2. The lowest BCUT2D eigenvalue weighted by atomic mass is 10.1. The molecule has 0 spiro atoms. The Hall–Kier alpha value is -4.07. The molecule has 1 amide bonds. The predicted octanol–water partition coefficient (Wildman–Crippen LogP) is 4.14. The molecule has 0 unspecified atom stereocenters. The van der Waals surface area contributed by atoms with Crippen LogP contribution in [0.25, 0.3) is 11.0 Å². The average molecular weight is 432 g/mol. The number of hydrogen-bond donors (Lipinski definition) is 2. The summed E-state index contributed by atoms with van der Waals surface area (Å²) < 4.78 is 11.7. The summed E-state index contributed by atoms with van der Waals surface area (Å²) in [4.78, 5) is 29.7. The van der Waals surface area contributed by atoms with Crippen molar-refractivity contribution >= 4 is 34.3 Å². The third kappa shape index (κ3) is 4.49. The summed E-state index contributed by atoms with van der Waals surface area (Å²) in [5, 5.41) is 6.84. The maximum Gasteiger partial charge on any atom is 0.356 e. The van der Waals surface area contributed by atoms with Gasteiger partial charge < -0.3 is 24.4 Å². The zero-order valence-electron chi connectivity index (χ0n) is 17.9. The minimum atomic E-state index is -0.545. The molecule has 32 heavy (non-hydrogen) atoms. The summed E-state index contributed by atoms with van der Waals surface area (Å²) >= 11 is 0. The van der Waals surface area contributed by atoms with Gasteiger partial charge in [0, 0.05) is 31.0 Å². The average Bonchev–Trinajstić information content (AvgIpc) is 3.43. The van der Waals surface area contributed by atoms with Crippen LogP contribution in [0.4, 0.5) is 11.4 Å². The summed E-state index contributed by atoms with van der Waals surface area (Å²) in [5.41, 5.74) is 4.02. The Morgan fingerprint density at radius 3 is 2.69 bits per heavy atom. The SMILES string of the molecule is COC(=O)c1c(NC(=O)CCc2ccccc2)c2cc(NCc3ccoc3)cnc2n1C. The number of rotatable bonds is 8. The van der Waals surface area contributed by atoms with Crippen LogP contribution in [0.2, 0.25) is 0 Å². The van der Waals surface area contributed by atoms with E-state index in [0.29, 0.717) is 29.7 Å². The Kier molecular flexibility index (Phi) is 6.21. The van der Waals surface area contributed by atoms with E-state index in [9.17, 15) is 9.59 Å². The number of aryl methyl sites for hydroxylation is 2. The standard InChI is InChI=1S/C24H24N4O4/c1-28-22(24(30)31-2)21(27-20(29)9-8-16-6-4-3-5-7-16)19-12-18(14-26-23(19)28)25-13-17-10-11-32-15-17/h3-7,10-12,14-15,25H,8-9,13H2,1-2H3,(H,27,29). The lowest BCUT2D eigenvalue weighted by Gasteiger charge is -2.08. The highest BCUT2D eigenvalue weighted by atomic mass is 16.5. The molecular weight excluding hydrogens is 408 g/mol. The summed E-state index contributed by atoms with van der Waals surface area (Å²) in [6.45, 7) is 0.555. The van der Waals surface area contributed by atoms with Crippen molar-refractivity contribution in [2.24, 2.45) is 7.05 Å². The number of aromatic nitrogens is 2. The monoisotopic (exact) mass is 432 g/mol. The molecule has 164 valence electrons. The Balaban J connectivity index is 1.61. The van der Waals surface area contributed by atoms with Crippen molar-refractivity contribution in [1.82, 2.24) is 9.55 Å². The molecule has 2 N–H and O–H groups in total. The molecule has 0 aliphatic rings. The molecule has 1 aromatic carbocycles. The highest BCUT2D eigenvalue weighted by Gasteiger charge is 2.24. The van der Waals surface area contributed by atoms with Crippen LogP contribution in [0.3, 0.4) is 0 Å². The van der Waals surface area contributed by atoms with E-state index >= 15 is 0 Å². The number of nitrogens with zero attached hydrogens (tertiary/aromatic N) is 2. The van der Waals surface area contributed by atoms with E-state index in [0.717, 1.165) is 16.8 Å². The number of amides is 1. The smallest absolute Gasteiger partial charge is 0.356 e.